The first-order chi connectivity index (χ1) is 11.4. The Labute approximate surface area is 164 Å². The molecule has 0 amide bonds. The first kappa shape index (κ1) is 18.3. The van der Waals surface area contributed by atoms with Crippen LogP contribution in [0.5, 0.6) is 0 Å². The molecular weight excluding hydrogens is 482 g/mol. The molecule has 25 heavy (non-hydrogen) atoms. The Bertz CT molecular complexity index is 924. The second-order valence-corrected chi connectivity index (χ2v) is 8.36. The third-order valence-electron chi connectivity index (χ3n) is 5.69. The number of rotatable bonds is 1. The van der Waals surface area contributed by atoms with Gasteiger partial charge in [0.05, 0.1) is 0 Å². The molecular formula is C23H24IrN-. The molecule has 0 N–H and O–H groups in total. The van der Waals surface area contributed by atoms with Gasteiger partial charge in [-0.2, -0.15) is 0 Å². The molecule has 0 fully saturated rings. The van der Waals surface area contributed by atoms with Crippen LogP contribution in [-0.4, -0.2) is 4.98 Å². The standard InChI is InChI=1S/C23H24N.Ir/c1-22(2)11-12-23(3,4)20-13-17(9-10-19(20)22)21-14-16-7-5-6-8-18(16)15-24-21;/h5-8,10,13-15H,11-12H2,1-4H3;/q-1;. The average molecular weight is 507 g/mol. The molecule has 0 bridgehead atoms. The zero-order chi connectivity index (χ0) is 16.9. The van der Waals surface area contributed by atoms with Crippen molar-refractivity contribution in [1.82, 2.24) is 4.98 Å². The SMILES string of the molecule is CC1(C)CCC(C)(C)c2cc(-c3cc4ccccc4cn3)[c-]cc21.[Ir]. The molecule has 4 rings (SSSR count). The largest absolute Gasteiger partial charge is 0.304 e. The van der Waals surface area contributed by atoms with E-state index >= 15 is 0 Å². The van der Waals surface area contributed by atoms with Crippen LogP contribution >= 0.6 is 0 Å². The topological polar surface area (TPSA) is 12.9 Å². The monoisotopic (exact) mass is 507 g/mol. The number of hydrogen-bond acceptors (Lipinski definition) is 1. The molecule has 1 heterocycles. The van der Waals surface area contributed by atoms with Crippen LogP contribution in [0.2, 0.25) is 0 Å². The summed E-state index contributed by atoms with van der Waals surface area (Å²) in [6.45, 7) is 9.42. The van der Waals surface area contributed by atoms with E-state index in [1.54, 1.807) is 0 Å². The van der Waals surface area contributed by atoms with Crippen LogP contribution in [0.15, 0.2) is 48.7 Å². The zero-order valence-corrected chi connectivity index (χ0v) is 17.7. The van der Waals surface area contributed by atoms with Gasteiger partial charge in [0.25, 0.3) is 0 Å². The smallest absolute Gasteiger partial charge is 0.0239 e. The fourth-order valence-electron chi connectivity index (χ4n) is 3.88. The molecule has 1 aliphatic rings. The van der Waals surface area contributed by atoms with Gasteiger partial charge in [-0.25, -0.2) is 0 Å². The van der Waals surface area contributed by atoms with E-state index in [1.165, 1.54) is 34.7 Å². The number of hydrogen-bond donors (Lipinski definition) is 0. The molecule has 131 valence electrons. The molecule has 0 aliphatic heterocycles. The normalized spacial score (nSPS) is 17.6. The molecule has 0 spiro atoms. The Morgan fingerprint density at radius 1 is 0.880 bits per heavy atom. The second kappa shape index (κ2) is 6.34. The molecule has 1 nitrogen and oxygen atoms in total. The molecule has 0 saturated carbocycles. The maximum absolute atomic E-state index is 4.68. The van der Waals surface area contributed by atoms with Crippen LogP contribution < -0.4 is 0 Å². The van der Waals surface area contributed by atoms with Crippen molar-refractivity contribution in [2.24, 2.45) is 0 Å². The van der Waals surface area contributed by atoms with Gasteiger partial charge in [-0.1, -0.05) is 64.4 Å². The van der Waals surface area contributed by atoms with Gasteiger partial charge < -0.3 is 4.98 Å². The molecule has 2 heteroatoms. The van der Waals surface area contributed by atoms with Gasteiger partial charge in [0.1, 0.15) is 0 Å². The number of aromatic nitrogens is 1. The van der Waals surface area contributed by atoms with Crippen molar-refractivity contribution in [1.29, 1.82) is 0 Å². The third kappa shape index (κ3) is 3.18. The van der Waals surface area contributed by atoms with E-state index < -0.39 is 0 Å². The van der Waals surface area contributed by atoms with Crippen LogP contribution in [0.25, 0.3) is 22.0 Å². The predicted molar refractivity (Wildman–Crippen MR) is 101 cm³/mol. The van der Waals surface area contributed by atoms with Crippen LogP contribution in [0, 0.1) is 6.07 Å². The Morgan fingerprint density at radius 2 is 1.52 bits per heavy atom. The van der Waals surface area contributed by atoms with Gasteiger partial charge in [-0.3, -0.25) is 0 Å². The van der Waals surface area contributed by atoms with Crippen LogP contribution in [0.1, 0.15) is 51.7 Å². The molecule has 2 aromatic carbocycles. The van der Waals surface area contributed by atoms with Crippen molar-refractivity contribution >= 4 is 10.8 Å². The maximum Gasteiger partial charge on any atom is 0.0239 e. The minimum Gasteiger partial charge on any atom is -0.304 e. The quantitative estimate of drug-likeness (QED) is 0.366. The van der Waals surface area contributed by atoms with E-state index in [1.807, 2.05) is 6.20 Å². The summed E-state index contributed by atoms with van der Waals surface area (Å²) >= 11 is 0. The van der Waals surface area contributed by atoms with Gasteiger partial charge in [-0.15, -0.1) is 34.9 Å². The third-order valence-corrected chi connectivity index (χ3v) is 5.69. The summed E-state index contributed by atoms with van der Waals surface area (Å²) in [7, 11) is 0. The van der Waals surface area contributed by atoms with E-state index in [-0.39, 0.29) is 30.9 Å². The molecule has 1 radical (unpaired) electrons. The van der Waals surface area contributed by atoms with Crippen molar-refractivity contribution in [3.05, 3.63) is 65.9 Å². The molecule has 3 aromatic rings. The van der Waals surface area contributed by atoms with Crippen LogP contribution in [0.4, 0.5) is 0 Å². The number of benzene rings is 2. The number of nitrogens with zero attached hydrogens (tertiary/aromatic N) is 1. The Balaban J connectivity index is 0.00000182. The van der Waals surface area contributed by atoms with E-state index in [2.05, 4.69) is 81.2 Å². The summed E-state index contributed by atoms with van der Waals surface area (Å²) in [6.07, 6.45) is 4.42. The summed E-state index contributed by atoms with van der Waals surface area (Å²) in [5.41, 5.74) is 5.47. The van der Waals surface area contributed by atoms with E-state index in [4.69, 9.17) is 0 Å². The minimum atomic E-state index is 0. The molecule has 0 saturated heterocycles. The molecule has 1 aliphatic carbocycles. The zero-order valence-electron chi connectivity index (χ0n) is 15.3. The van der Waals surface area contributed by atoms with Gasteiger partial charge in [0.15, 0.2) is 0 Å². The minimum absolute atomic E-state index is 0. The predicted octanol–water partition coefficient (Wildman–Crippen LogP) is 6.05. The first-order valence-corrected chi connectivity index (χ1v) is 8.79. The average Bonchev–Trinajstić information content (AvgIpc) is 2.58. The van der Waals surface area contributed by atoms with Crippen LogP contribution in [-0.2, 0) is 30.9 Å². The molecule has 1 aromatic heterocycles. The summed E-state index contributed by atoms with van der Waals surface area (Å²) in [6, 6.07) is 18.6. The van der Waals surface area contributed by atoms with Crippen molar-refractivity contribution < 1.29 is 20.1 Å². The Hall–Kier alpha value is -1.50. The van der Waals surface area contributed by atoms with E-state index in [0.717, 1.165) is 11.3 Å². The Kier molecular flexibility index (Phi) is 4.64. The number of pyridine rings is 1. The second-order valence-electron chi connectivity index (χ2n) is 8.36. The molecule has 0 atom stereocenters. The van der Waals surface area contributed by atoms with E-state index in [9.17, 15) is 0 Å². The van der Waals surface area contributed by atoms with Crippen LogP contribution in [0.3, 0.4) is 0 Å². The fourth-order valence-corrected chi connectivity index (χ4v) is 3.88. The van der Waals surface area contributed by atoms with Crippen molar-refractivity contribution in [2.75, 3.05) is 0 Å². The van der Waals surface area contributed by atoms with Gasteiger partial charge >= 0.3 is 0 Å². The summed E-state index contributed by atoms with van der Waals surface area (Å²) in [5.74, 6) is 0. The summed E-state index contributed by atoms with van der Waals surface area (Å²) in [4.78, 5) is 4.68. The summed E-state index contributed by atoms with van der Waals surface area (Å²) < 4.78 is 0. The van der Waals surface area contributed by atoms with Crippen molar-refractivity contribution in [3.63, 3.8) is 0 Å². The number of fused-ring (bicyclic) bond motifs is 2. The summed E-state index contributed by atoms with van der Waals surface area (Å²) in [5, 5.41) is 2.41. The van der Waals surface area contributed by atoms with Crippen molar-refractivity contribution in [3.8, 4) is 11.3 Å². The van der Waals surface area contributed by atoms with E-state index in [0.29, 0.717) is 0 Å². The van der Waals surface area contributed by atoms with Gasteiger partial charge in [0.2, 0.25) is 0 Å². The van der Waals surface area contributed by atoms with Gasteiger partial charge in [0, 0.05) is 26.3 Å². The first-order valence-electron chi connectivity index (χ1n) is 8.79. The molecule has 0 unspecified atom stereocenters. The van der Waals surface area contributed by atoms with Gasteiger partial charge in [-0.05, 0) is 33.7 Å². The maximum atomic E-state index is 4.68. The van der Waals surface area contributed by atoms with Crippen molar-refractivity contribution in [2.45, 2.75) is 51.4 Å². The Morgan fingerprint density at radius 3 is 2.24 bits per heavy atom. The fraction of sp³-hybridized carbons (Fsp3) is 0.348.